The van der Waals surface area contributed by atoms with Crippen molar-refractivity contribution in [1.82, 2.24) is 15.2 Å². The largest absolute Gasteiger partial charge is 0.464 e. The van der Waals surface area contributed by atoms with E-state index < -0.39 is 6.04 Å². The number of esters is 1. The summed E-state index contributed by atoms with van der Waals surface area (Å²) < 4.78 is 5.40. The third-order valence-electron chi connectivity index (χ3n) is 4.69. The molecule has 0 radical (unpaired) electrons. The quantitative estimate of drug-likeness (QED) is 0.608. The molecule has 1 aliphatic rings. The summed E-state index contributed by atoms with van der Waals surface area (Å²) in [7, 11) is 0. The summed E-state index contributed by atoms with van der Waals surface area (Å²) >= 11 is 0. The summed E-state index contributed by atoms with van der Waals surface area (Å²) in [5.74, 6) is -0.298. The van der Waals surface area contributed by atoms with E-state index in [9.17, 15) is 9.59 Å². The highest BCUT2D eigenvalue weighted by atomic mass is 16.5. The SMILES string of the molecule is CCC(C)(C)NC(=O)N1CCCC1C(=O)OCCCc1cccnc1. The lowest BCUT2D eigenvalue weighted by Crippen LogP contribution is -2.52. The number of carbonyl (C=O) groups is 2. The molecule has 6 heteroatoms. The minimum Gasteiger partial charge on any atom is -0.464 e. The second-order valence-electron chi connectivity index (χ2n) is 7.15. The first-order chi connectivity index (χ1) is 11.9. The maximum atomic E-state index is 12.4. The van der Waals surface area contributed by atoms with Crippen LogP contribution >= 0.6 is 0 Å². The lowest BCUT2D eigenvalue weighted by atomic mass is 10.0. The van der Waals surface area contributed by atoms with Gasteiger partial charge in [0.25, 0.3) is 0 Å². The number of rotatable bonds is 7. The molecule has 0 aliphatic carbocycles. The number of amides is 2. The molecule has 2 amide bonds. The van der Waals surface area contributed by atoms with Crippen molar-refractivity contribution in [2.75, 3.05) is 13.2 Å². The molecule has 2 heterocycles. The number of urea groups is 1. The standard InChI is InChI=1S/C19H29N3O3/c1-4-19(2,3)21-18(24)22-12-6-10-16(22)17(23)25-13-7-9-15-8-5-11-20-14-15/h5,8,11,14,16H,4,6-7,9-10,12-13H2,1-3H3,(H,21,24). The van der Waals surface area contributed by atoms with Crippen LogP contribution in [0.5, 0.6) is 0 Å². The van der Waals surface area contributed by atoms with Crippen molar-refractivity contribution in [1.29, 1.82) is 0 Å². The maximum absolute atomic E-state index is 12.4. The van der Waals surface area contributed by atoms with Gasteiger partial charge in [0.1, 0.15) is 6.04 Å². The molecule has 0 saturated carbocycles. The van der Waals surface area contributed by atoms with Crippen molar-refractivity contribution in [2.24, 2.45) is 0 Å². The van der Waals surface area contributed by atoms with E-state index in [-0.39, 0.29) is 17.5 Å². The van der Waals surface area contributed by atoms with Gasteiger partial charge in [-0.25, -0.2) is 9.59 Å². The van der Waals surface area contributed by atoms with E-state index in [1.54, 1.807) is 11.1 Å². The Morgan fingerprint density at radius 1 is 1.44 bits per heavy atom. The predicted molar refractivity (Wildman–Crippen MR) is 96.1 cm³/mol. The molecule has 0 bridgehead atoms. The van der Waals surface area contributed by atoms with Crippen LogP contribution < -0.4 is 5.32 Å². The van der Waals surface area contributed by atoms with Gasteiger partial charge >= 0.3 is 12.0 Å². The van der Waals surface area contributed by atoms with E-state index in [0.717, 1.165) is 31.2 Å². The van der Waals surface area contributed by atoms with Crippen LogP contribution in [0.2, 0.25) is 0 Å². The number of ether oxygens (including phenoxy) is 1. The van der Waals surface area contributed by atoms with Gasteiger partial charge in [-0.05, 0) is 57.6 Å². The molecule has 138 valence electrons. The Morgan fingerprint density at radius 3 is 2.92 bits per heavy atom. The van der Waals surface area contributed by atoms with Gasteiger partial charge in [-0.3, -0.25) is 4.98 Å². The van der Waals surface area contributed by atoms with E-state index in [1.165, 1.54) is 0 Å². The smallest absolute Gasteiger partial charge is 0.328 e. The van der Waals surface area contributed by atoms with Gasteiger partial charge in [-0.2, -0.15) is 0 Å². The van der Waals surface area contributed by atoms with Crippen molar-refractivity contribution in [2.45, 2.75) is 64.5 Å². The summed E-state index contributed by atoms with van der Waals surface area (Å²) in [6, 6.07) is 3.26. The third kappa shape index (κ3) is 5.73. The highest BCUT2D eigenvalue weighted by molar-refractivity contribution is 5.84. The van der Waals surface area contributed by atoms with Gasteiger partial charge in [0.15, 0.2) is 0 Å². The summed E-state index contributed by atoms with van der Waals surface area (Å²) in [5, 5.41) is 2.99. The fourth-order valence-electron chi connectivity index (χ4n) is 2.80. The molecule has 1 unspecified atom stereocenters. The summed E-state index contributed by atoms with van der Waals surface area (Å²) in [6.07, 6.45) is 7.45. The second kappa shape index (κ2) is 8.83. The van der Waals surface area contributed by atoms with E-state index in [0.29, 0.717) is 19.6 Å². The Morgan fingerprint density at radius 2 is 2.24 bits per heavy atom. The normalized spacial score (nSPS) is 17.4. The molecule has 25 heavy (non-hydrogen) atoms. The Hall–Kier alpha value is -2.11. The number of nitrogens with zero attached hydrogens (tertiary/aromatic N) is 2. The zero-order valence-electron chi connectivity index (χ0n) is 15.5. The van der Waals surface area contributed by atoms with Crippen molar-refractivity contribution >= 4 is 12.0 Å². The maximum Gasteiger partial charge on any atom is 0.328 e. The molecule has 1 aliphatic heterocycles. The second-order valence-corrected chi connectivity index (χ2v) is 7.15. The number of likely N-dealkylation sites (tertiary alicyclic amines) is 1. The monoisotopic (exact) mass is 347 g/mol. The molecule has 6 nitrogen and oxygen atoms in total. The average Bonchev–Trinajstić information content (AvgIpc) is 3.09. The summed E-state index contributed by atoms with van der Waals surface area (Å²) in [5.41, 5.74) is 0.847. The molecule has 1 aromatic heterocycles. The Bertz CT molecular complexity index is 575. The van der Waals surface area contributed by atoms with Crippen LogP contribution in [0.3, 0.4) is 0 Å². The molecule has 1 N–H and O–H groups in total. The molecule has 1 fully saturated rings. The number of hydrogen-bond acceptors (Lipinski definition) is 4. The Kier molecular flexibility index (Phi) is 6.79. The molecule has 2 rings (SSSR count). The molecule has 0 spiro atoms. The van der Waals surface area contributed by atoms with Gasteiger partial charge in [0, 0.05) is 24.5 Å². The summed E-state index contributed by atoms with van der Waals surface area (Å²) in [4.78, 5) is 30.5. The number of carbonyl (C=O) groups excluding carboxylic acids is 2. The van der Waals surface area contributed by atoms with Crippen LogP contribution in [0.4, 0.5) is 4.79 Å². The van der Waals surface area contributed by atoms with E-state index >= 15 is 0 Å². The van der Waals surface area contributed by atoms with Gasteiger partial charge < -0.3 is 15.0 Å². The van der Waals surface area contributed by atoms with Crippen molar-refractivity contribution in [3.05, 3.63) is 30.1 Å². The van der Waals surface area contributed by atoms with Gasteiger partial charge in [0.05, 0.1) is 6.61 Å². The van der Waals surface area contributed by atoms with Gasteiger partial charge in [-0.1, -0.05) is 13.0 Å². The Balaban J connectivity index is 1.78. The zero-order valence-corrected chi connectivity index (χ0v) is 15.5. The van der Waals surface area contributed by atoms with Crippen LogP contribution in [-0.2, 0) is 16.0 Å². The van der Waals surface area contributed by atoms with Crippen LogP contribution in [0, 0.1) is 0 Å². The van der Waals surface area contributed by atoms with Crippen LogP contribution in [0.15, 0.2) is 24.5 Å². The molecule has 0 aromatic carbocycles. The van der Waals surface area contributed by atoms with Crippen LogP contribution in [0.25, 0.3) is 0 Å². The van der Waals surface area contributed by atoms with Crippen LogP contribution in [0.1, 0.15) is 52.0 Å². The van der Waals surface area contributed by atoms with Crippen LogP contribution in [-0.4, -0.2) is 46.6 Å². The highest BCUT2D eigenvalue weighted by Crippen LogP contribution is 2.20. The number of nitrogens with one attached hydrogen (secondary N) is 1. The van der Waals surface area contributed by atoms with Gasteiger partial charge in [-0.15, -0.1) is 0 Å². The third-order valence-corrected chi connectivity index (χ3v) is 4.69. The lowest BCUT2D eigenvalue weighted by Gasteiger charge is -2.30. The lowest BCUT2D eigenvalue weighted by molar-refractivity contribution is -0.148. The summed E-state index contributed by atoms with van der Waals surface area (Å²) in [6.45, 7) is 6.94. The molecular weight excluding hydrogens is 318 g/mol. The van der Waals surface area contributed by atoms with E-state index in [1.807, 2.05) is 39.1 Å². The number of hydrogen-bond donors (Lipinski definition) is 1. The first-order valence-electron chi connectivity index (χ1n) is 9.07. The van der Waals surface area contributed by atoms with Gasteiger partial charge in [0.2, 0.25) is 0 Å². The zero-order chi connectivity index (χ0) is 18.3. The highest BCUT2D eigenvalue weighted by Gasteiger charge is 2.36. The number of pyridine rings is 1. The molecular formula is C19H29N3O3. The molecule has 1 saturated heterocycles. The number of aryl methyl sites for hydroxylation is 1. The van der Waals surface area contributed by atoms with Crippen molar-refractivity contribution in [3.8, 4) is 0 Å². The number of aromatic nitrogens is 1. The van der Waals surface area contributed by atoms with Crippen molar-refractivity contribution < 1.29 is 14.3 Å². The average molecular weight is 347 g/mol. The van der Waals surface area contributed by atoms with E-state index in [4.69, 9.17) is 4.74 Å². The fourth-order valence-corrected chi connectivity index (χ4v) is 2.80. The molecule has 1 atom stereocenters. The topological polar surface area (TPSA) is 71.5 Å². The minimum atomic E-state index is -0.467. The van der Waals surface area contributed by atoms with E-state index in [2.05, 4.69) is 10.3 Å². The molecule has 1 aromatic rings. The first kappa shape index (κ1) is 19.2. The fraction of sp³-hybridized carbons (Fsp3) is 0.632. The predicted octanol–water partition coefficient (Wildman–Crippen LogP) is 2.92. The first-order valence-corrected chi connectivity index (χ1v) is 9.07. The van der Waals surface area contributed by atoms with Crippen molar-refractivity contribution in [3.63, 3.8) is 0 Å². The minimum absolute atomic E-state index is 0.179. The Labute approximate surface area is 150 Å².